The van der Waals surface area contributed by atoms with Crippen molar-refractivity contribution in [2.24, 2.45) is 0 Å². The van der Waals surface area contributed by atoms with Crippen molar-refractivity contribution in [2.45, 2.75) is 6.92 Å². The second-order valence-electron chi connectivity index (χ2n) is 0.224. The molecule has 0 radical (unpaired) electrons. The lowest BCUT2D eigenvalue weighted by atomic mass is 11.0. The quantitative estimate of drug-likeness (QED) is 0.326. The molecule has 0 saturated heterocycles. The average Bonchev–Trinajstić information content (AvgIpc) is 1.46. The lowest BCUT2D eigenvalue weighted by Gasteiger charge is -1.25. The number of hydrogen-bond acceptors (Lipinski definition) is 3. The molecule has 0 aromatic rings. The maximum Gasteiger partial charge on any atom is 0.0587 e. The third-order valence-corrected chi connectivity index (χ3v) is 0. The van der Waals surface area contributed by atoms with Crippen molar-refractivity contribution >= 4 is 0 Å². The summed E-state index contributed by atoms with van der Waals surface area (Å²) in [4.78, 5) is 0. The van der Waals surface area contributed by atoms with Crippen LogP contribution in [0.2, 0.25) is 0 Å². The molecule has 0 bridgehead atoms. The van der Waals surface area contributed by atoms with E-state index < -0.39 is 0 Å². The molecule has 3 nitrogen and oxygen atoms in total. The normalized spacial score (nSPS) is 2.80. The fourth-order valence-corrected chi connectivity index (χ4v) is 0. The van der Waals surface area contributed by atoms with E-state index in [1.165, 1.54) is 6.92 Å². The fraction of sp³-hybridized carbons (Fsp3) is 0.500. The van der Waals surface area contributed by atoms with Crippen molar-refractivity contribution in [3.63, 3.8) is 0 Å². The maximum absolute atomic E-state index is 7.32. The Labute approximate surface area is 30.0 Å². The van der Waals surface area contributed by atoms with Gasteiger partial charge in [-0.3, -0.25) is 10.5 Å². The molecule has 0 atom stereocenters. The third-order valence-electron chi connectivity index (χ3n) is 0. The first-order chi connectivity index (χ1) is 2.41. The number of nitriles is 1. The minimum atomic E-state index is 1.43. The van der Waals surface area contributed by atoms with Crippen LogP contribution in [0.15, 0.2) is 0 Å². The van der Waals surface area contributed by atoms with Crippen LogP contribution in [0.25, 0.3) is 0 Å². The highest BCUT2D eigenvalue weighted by Gasteiger charge is 1.17. The van der Waals surface area contributed by atoms with Crippen molar-refractivity contribution in [2.75, 3.05) is 0 Å². The van der Waals surface area contributed by atoms with E-state index in [2.05, 4.69) is 0 Å². The molecule has 0 aliphatic carbocycles. The first-order valence-electron chi connectivity index (χ1n) is 0.924. The van der Waals surface area contributed by atoms with Gasteiger partial charge in [-0.1, -0.05) is 0 Å². The highest BCUT2D eigenvalue weighted by Crippen LogP contribution is 1.21. The molecule has 0 aromatic carbocycles. The second-order valence-corrected chi connectivity index (χ2v) is 0.224. The van der Waals surface area contributed by atoms with Crippen molar-refractivity contribution in [1.29, 1.82) is 5.26 Å². The summed E-state index contributed by atoms with van der Waals surface area (Å²) in [5.41, 5.74) is 0. The summed E-state index contributed by atoms with van der Waals surface area (Å²) >= 11 is 0. The molecule has 30 valence electrons. The zero-order valence-electron chi connectivity index (χ0n) is 2.84. The molecule has 0 fully saturated rings. The lowest BCUT2D eigenvalue weighted by Crippen LogP contribution is -1.29. The van der Waals surface area contributed by atoms with Crippen LogP contribution < -0.4 is 0 Å². The summed E-state index contributed by atoms with van der Waals surface area (Å²) in [6.45, 7) is 1.43. The molecule has 0 heterocycles. The first-order valence-corrected chi connectivity index (χ1v) is 0.924. The third kappa shape index (κ3) is 19.5. The molecular weight excluding hydrogens is 70.0 g/mol. The van der Waals surface area contributed by atoms with Crippen LogP contribution >= 0.6 is 0 Å². The van der Waals surface area contributed by atoms with Crippen LogP contribution in [0.1, 0.15) is 6.92 Å². The minimum Gasteiger partial charge on any atom is -0.255 e. The second kappa shape index (κ2) is 118. The van der Waals surface area contributed by atoms with Crippen molar-refractivity contribution in [1.82, 2.24) is 0 Å². The molecule has 3 heteroatoms. The highest BCUT2D eigenvalue weighted by molar-refractivity contribution is 4.51. The highest BCUT2D eigenvalue weighted by atomic mass is 17.0. The van der Waals surface area contributed by atoms with E-state index in [9.17, 15) is 0 Å². The molecule has 0 saturated carbocycles. The molecule has 0 aromatic heterocycles. The van der Waals surface area contributed by atoms with Gasteiger partial charge in [0.25, 0.3) is 0 Å². The predicted molar refractivity (Wildman–Crippen MR) is 16.5 cm³/mol. The zero-order chi connectivity index (χ0) is 4.71. The Balaban J connectivity index is 0. The lowest BCUT2D eigenvalue weighted by molar-refractivity contribution is -0.176. The summed E-state index contributed by atoms with van der Waals surface area (Å²) in [5, 5.41) is 19.3. The maximum atomic E-state index is 7.32. The average molecular weight is 75.1 g/mol. The molecule has 5 heavy (non-hydrogen) atoms. The predicted octanol–water partition coefficient (Wildman–Crippen LogP) is 0.547. The van der Waals surface area contributed by atoms with Crippen LogP contribution in [-0.2, 0) is 0 Å². The Bertz CT molecular complexity index is 29.1. The van der Waals surface area contributed by atoms with Gasteiger partial charge in [-0.2, -0.15) is 5.26 Å². The Morgan fingerprint density at radius 2 is 1.60 bits per heavy atom. The number of hydrogen-bond donors (Lipinski definition) is 2. The van der Waals surface area contributed by atoms with Gasteiger partial charge in [-0.15, -0.1) is 0 Å². The van der Waals surface area contributed by atoms with E-state index in [-0.39, 0.29) is 0 Å². The van der Waals surface area contributed by atoms with Crippen LogP contribution in [0.4, 0.5) is 0 Å². The van der Waals surface area contributed by atoms with Gasteiger partial charge in [-0.25, -0.2) is 0 Å². The van der Waals surface area contributed by atoms with Crippen LogP contribution in [-0.4, -0.2) is 10.5 Å². The van der Waals surface area contributed by atoms with E-state index in [4.69, 9.17) is 15.8 Å². The Morgan fingerprint density at radius 1 is 1.60 bits per heavy atom. The fourth-order valence-electron chi connectivity index (χ4n) is 0. The van der Waals surface area contributed by atoms with Crippen molar-refractivity contribution in [3.8, 4) is 6.07 Å². The molecule has 0 amide bonds. The summed E-state index contributed by atoms with van der Waals surface area (Å²) in [5.74, 6) is 0. The smallest absolute Gasteiger partial charge is 0.0587 e. The van der Waals surface area contributed by atoms with Crippen molar-refractivity contribution < 1.29 is 10.5 Å². The Hall–Kier alpha value is -0.590. The molecular formula is C2H5NO2. The summed E-state index contributed by atoms with van der Waals surface area (Å²) in [6.07, 6.45) is 0. The van der Waals surface area contributed by atoms with E-state index in [1.807, 2.05) is 0 Å². The topological polar surface area (TPSA) is 64.2 Å². The largest absolute Gasteiger partial charge is 0.255 e. The summed E-state index contributed by atoms with van der Waals surface area (Å²) in [6, 6.07) is 1.75. The van der Waals surface area contributed by atoms with E-state index in [1.54, 1.807) is 6.07 Å². The minimum absolute atomic E-state index is 1.43. The van der Waals surface area contributed by atoms with Gasteiger partial charge in [0.2, 0.25) is 0 Å². The van der Waals surface area contributed by atoms with Gasteiger partial charge in [0.05, 0.1) is 6.07 Å². The summed E-state index contributed by atoms with van der Waals surface area (Å²) in [7, 11) is 0. The van der Waals surface area contributed by atoms with Crippen LogP contribution in [0, 0.1) is 11.3 Å². The Morgan fingerprint density at radius 3 is 1.60 bits per heavy atom. The van der Waals surface area contributed by atoms with Crippen molar-refractivity contribution in [3.05, 3.63) is 0 Å². The monoisotopic (exact) mass is 75.0 g/mol. The molecule has 0 aliphatic rings. The number of nitrogens with zero attached hydrogens (tertiary/aromatic N) is 1. The Kier molecular flexibility index (Phi) is 208. The molecule has 2 N–H and O–H groups in total. The van der Waals surface area contributed by atoms with Gasteiger partial charge < -0.3 is 0 Å². The van der Waals surface area contributed by atoms with Gasteiger partial charge >= 0.3 is 0 Å². The van der Waals surface area contributed by atoms with Crippen LogP contribution in [0.3, 0.4) is 0 Å². The zero-order valence-corrected chi connectivity index (χ0v) is 2.84. The van der Waals surface area contributed by atoms with Gasteiger partial charge in [-0.05, 0) is 0 Å². The first kappa shape index (κ1) is 8.83. The summed E-state index contributed by atoms with van der Waals surface area (Å²) < 4.78 is 0. The van der Waals surface area contributed by atoms with Gasteiger partial charge in [0.1, 0.15) is 0 Å². The number of rotatable bonds is 0. The SMILES string of the molecule is CC#N.OO. The molecule has 0 spiro atoms. The molecule has 0 rings (SSSR count). The molecule has 0 unspecified atom stereocenters. The van der Waals surface area contributed by atoms with Gasteiger partial charge in [0.15, 0.2) is 0 Å². The van der Waals surface area contributed by atoms with E-state index in [0.717, 1.165) is 0 Å². The van der Waals surface area contributed by atoms with Gasteiger partial charge in [0, 0.05) is 6.92 Å². The molecule has 0 aliphatic heterocycles. The van der Waals surface area contributed by atoms with E-state index >= 15 is 0 Å². The standard InChI is InChI=1S/C2H3N.H2O2/c1-2-3;1-2/h1H3;1-2H. The van der Waals surface area contributed by atoms with E-state index in [0.29, 0.717) is 0 Å². The van der Waals surface area contributed by atoms with Crippen LogP contribution in [0.5, 0.6) is 0 Å².